The summed E-state index contributed by atoms with van der Waals surface area (Å²) in [4.78, 5) is 19.0. The molecule has 0 atom stereocenters. The van der Waals surface area contributed by atoms with E-state index in [-0.39, 0.29) is 23.8 Å². The zero-order valence-electron chi connectivity index (χ0n) is 16.4. The number of aryl methyl sites for hydroxylation is 2. The molecule has 1 aromatic carbocycles. The van der Waals surface area contributed by atoms with Gasteiger partial charge >= 0.3 is 0 Å². The number of sulfonamides is 1. The number of amides is 1. The minimum absolute atomic E-state index is 0.0636. The Bertz CT molecular complexity index is 1190. The van der Waals surface area contributed by atoms with Crippen LogP contribution in [0.2, 0.25) is 0 Å². The monoisotopic (exact) mass is 413 g/mol. The molecule has 0 unspecified atom stereocenters. The van der Waals surface area contributed by atoms with E-state index in [2.05, 4.69) is 14.8 Å². The predicted molar refractivity (Wildman–Crippen MR) is 108 cm³/mol. The summed E-state index contributed by atoms with van der Waals surface area (Å²) < 4.78 is 29.1. The van der Waals surface area contributed by atoms with Gasteiger partial charge < -0.3 is 4.90 Å². The van der Waals surface area contributed by atoms with Crippen molar-refractivity contribution < 1.29 is 13.2 Å². The zero-order chi connectivity index (χ0) is 20.6. The molecule has 0 saturated heterocycles. The van der Waals surface area contributed by atoms with Crippen molar-refractivity contribution in [2.24, 2.45) is 0 Å². The van der Waals surface area contributed by atoms with E-state index < -0.39 is 10.0 Å². The van der Waals surface area contributed by atoms with Gasteiger partial charge in [0.25, 0.3) is 0 Å². The Balaban J connectivity index is 1.38. The summed E-state index contributed by atoms with van der Waals surface area (Å²) in [7, 11) is -3.62. The number of carbonyl (C=O) groups is 1. The summed E-state index contributed by atoms with van der Waals surface area (Å²) in [6.07, 6.45) is 2.60. The fraction of sp³-hybridized carbons (Fsp3) is 0.350. The highest BCUT2D eigenvalue weighted by Crippen LogP contribution is 2.20. The van der Waals surface area contributed by atoms with Gasteiger partial charge in [-0.15, -0.1) is 0 Å². The fourth-order valence-electron chi connectivity index (χ4n) is 3.58. The van der Waals surface area contributed by atoms with E-state index >= 15 is 0 Å². The van der Waals surface area contributed by atoms with E-state index in [0.717, 1.165) is 28.2 Å². The Morgan fingerprint density at radius 2 is 2.07 bits per heavy atom. The van der Waals surface area contributed by atoms with Gasteiger partial charge in [-0.2, -0.15) is 5.10 Å². The number of fused-ring (bicyclic) bond motifs is 3. The Morgan fingerprint density at radius 3 is 2.86 bits per heavy atom. The number of nitrogens with one attached hydrogen (secondary N) is 1. The van der Waals surface area contributed by atoms with Crippen LogP contribution in [-0.2, 0) is 27.8 Å². The summed E-state index contributed by atoms with van der Waals surface area (Å²) in [5.74, 6) is -0.0839. The van der Waals surface area contributed by atoms with Gasteiger partial charge in [-0.3, -0.25) is 4.79 Å². The van der Waals surface area contributed by atoms with Crippen LogP contribution in [-0.4, -0.2) is 46.9 Å². The summed E-state index contributed by atoms with van der Waals surface area (Å²) in [6.45, 7) is 4.87. The van der Waals surface area contributed by atoms with Gasteiger partial charge in [0.2, 0.25) is 15.9 Å². The summed E-state index contributed by atoms with van der Waals surface area (Å²) >= 11 is 0. The van der Waals surface area contributed by atoms with Crippen molar-refractivity contribution >= 4 is 21.6 Å². The molecular weight excluding hydrogens is 390 g/mol. The molecule has 0 saturated carbocycles. The number of carbonyl (C=O) groups excluding carboxylic acids is 1. The van der Waals surface area contributed by atoms with Crippen molar-refractivity contribution in [2.45, 2.75) is 38.1 Å². The smallest absolute Gasteiger partial charge is 0.240 e. The lowest BCUT2D eigenvalue weighted by Crippen LogP contribution is -2.38. The number of hydrogen-bond acceptors (Lipinski definition) is 5. The minimum Gasteiger partial charge on any atom is -0.338 e. The lowest BCUT2D eigenvalue weighted by atomic mass is 10.1. The molecule has 1 amide bonds. The zero-order valence-corrected chi connectivity index (χ0v) is 17.2. The maximum absolute atomic E-state index is 12.6. The molecule has 9 heteroatoms. The van der Waals surface area contributed by atoms with Gasteiger partial charge in [0.15, 0.2) is 5.65 Å². The van der Waals surface area contributed by atoms with Crippen LogP contribution in [0.1, 0.15) is 28.9 Å². The number of aromatic nitrogens is 3. The van der Waals surface area contributed by atoms with Crippen molar-refractivity contribution in [3.63, 3.8) is 0 Å². The third kappa shape index (κ3) is 4.01. The number of hydrogen-bond donors (Lipinski definition) is 1. The molecule has 3 aromatic rings. The van der Waals surface area contributed by atoms with Crippen LogP contribution in [0.15, 0.2) is 41.4 Å². The molecule has 0 radical (unpaired) electrons. The molecule has 1 aliphatic heterocycles. The number of rotatable bonds is 5. The normalized spacial score (nSPS) is 14.2. The van der Waals surface area contributed by atoms with Crippen molar-refractivity contribution in [2.75, 3.05) is 13.1 Å². The molecule has 8 nitrogen and oxygen atoms in total. The van der Waals surface area contributed by atoms with Gasteiger partial charge in [0.1, 0.15) is 0 Å². The van der Waals surface area contributed by atoms with Crippen LogP contribution in [0.3, 0.4) is 0 Å². The van der Waals surface area contributed by atoms with Gasteiger partial charge in [-0.25, -0.2) is 22.6 Å². The lowest BCUT2D eigenvalue weighted by Gasteiger charge is -2.28. The fourth-order valence-corrected chi connectivity index (χ4v) is 4.72. The van der Waals surface area contributed by atoms with Gasteiger partial charge in [-0.05, 0) is 31.5 Å². The highest BCUT2D eigenvalue weighted by molar-refractivity contribution is 7.89. The van der Waals surface area contributed by atoms with Gasteiger partial charge in [0.05, 0.1) is 16.3 Å². The van der Waals surface area contributed by atoms with Crippen LogP contribution in [0, 0.1) is 13.8 Å². The molecule has 152 valence electrons. The number of benzene rings is 1. The van der Waals surface area contributed by atoms with Crippen molar-refractivity contribution in [3.05, 3.63) is 59.0 Å². The van der Waals surface area contributed by atoms with Crippen LogP contribution < -0.4 is 4.72 Å². The largest absolute Gasteiger partial charge is 0.338 e. The molecule has 0 aliphatic carbocycles. The van der Waals surface area contributed by atoms with E-state index in [9.17, 15) is 13.2 Å². The Hall–Kier alpha value is -2.78. The second-order valence-corrected chi connectivity index (χ2v) is 9.08. The van der Waals surface area contributed by atoms with Crippen molar-refractivity contribution in [3.8, 4) is 0 Å². The maximum Gasteiger partial charge on any atom is 0.240 e. The summed E-state index contributed by atoms with van der Waals surface area (Å²) in [5, 5.41) is 4.48. The average molecular weight is 414 g/mol. The molecule has 0 fully saturated rings. The topological polar surface area (TPSA) is 96.7 Å². The SMILES string of the molecule is Cc1cccc(S(=O)(=O)NCCC(=O)N2CCc3c(cnc4cc(C)nn34)C2)c1. The second-order valence-electron chi connectivity index (χ2n) is 7.32. The highest BCUT2D eigenvalue weighted by Gasteiger charge is 2.24. The Kier molecular flexibility index (Phi) is 5.10. The van der Waals surface area contributed by atoms with Crippen LogP contribution in [0.25, 0.3) is 5.65 Å². The first-order valence-corrected chi connectivity index (χ1v) is 11.0. The summed E-state index contributed by atoms with van der Waals surface area (Å²) in [6, 6.07) is 8.62. The predicted octanol–water partition coefficient (Wildman–Crippen LogP) is 1.60. The van der Waals surface area contributed by atoms with E-state index in [1.165, 1.54) is 0 Å². The lowest BCUT2D eigenvalue weighted by molar-refractivity contribution is -0.132. The third-order valence-electron chi connectivity index (χ3n) is 5.05. The van der Waals surface area contributed by atoms with Crippen molar-refractivity contribution in [1.82, 2.24) is 24.2 Å². The molecule has 4 rings (SSSR count). The first-order valence-electron chi connectivity index (χ1n) is 9.51. The quantitative estimate of drug-likeness (QED) is 0.685. The summed E-state index contributed by atoms with van der Waals surface area (Å²) in [5.41, 5.74) is 4.63. The molecule has 1 N–H and O–H groups in total. The Labute approximate surface area is 169 Å². The first-order chi connectivity index (χ1) is 13.8. The van der Waals surface area contributed by atoms with E-state index in [0.29, 0.717) is 19.5 Å². The van der Waals surface area contributed by atoms with Crippen LogP contribution in [0.4, 0.5) is 0 Å². The minimum atomic E-state index is -3.62. The second kappa shape index (κ2) is 7.57. The third-order valence-corrected chi connectivity index (χ3v) is 6.51. The highest BCUT2D eigenvalue weighted by atomic mass is 32.2. The van der Waals surface area contributed by atoms with Gasteiger partial charge in [0, 0.05) is 50.3 Å². The first kappa shape index (κ1) is 19.5. The maximum atomic E-state index is 12.6. The van der Waals surface area contributed by atoms with E-state index in [1.54, 1.807) is 29.3 Å². The molecule has 3 heterocycles. The average Bonchev–Trinajstić information content (AvgIpc) is 3.08. The molecule has 0 spiro atoms. The Morgan fingerprint density at radius 1 is 1.24 bits per heavy atom. The molecular formula is C20H23N5O3S. The standard InChI is InChI=1S/C20H23N5O3S/c1-14-4-3-5-17(10-14)29(27,28)22-8-6-20(26)24-9-7-18-16(13-24)12-21-19-11-15(2)23-25(18)19/h3-5,10-12,22H,6-9,13H2,1-2H3. The molecule has 1 aliphatic rings. The van der Waals surface area contributed by atoms with E-state index in [4.69, 9.17) is 0 Å². The van der Waals surface area contributed by atoms with Crippen LogP contribution in [0.5, 0.6) is 0 Å². The van der Waals surface area contributed by atoms with Gasteiger partial charge in [-0.1, -0.05) is 12.1 Å². The molecule has 2 aromatic heterocycles. The number of nitrogens with zero attached hydrogens (tertiary/aromatic N) is 4. The molecule has 29 heavy (non-hydrogen) atoms. The van der Waals surface area contributed by atoms with E-state index in [1.807, 2.05) is 30.5 Å². The molecule has 0 bridgehead atoms. The van der Waals surface area contributed by atoms with Crippen molar-refractivity contribution in [1.29, 1.82) is 0 Å². The van der Waals surface area contributed by atoms with Crippen LogP contribution >= 0.6 is 0 Å².